The molecule has 0 aromatic carbocycles. The first kappa shape index (κ1) is 15.4. The molecule has 0 spiro atoms. The Balaban J connectivity index is 2.27. The third-order valence-electron chi connectivity index (χ3n) is 3.80. The summed E-state index contributed by atoms with van der Waals surface area (Å²) in [5.74, 6) is 0. The average Bonchev–Trinajstić information content (AvgIpc) is 2.73. The summed E-state index contributed by atoms with van der Waals surface area (Å²) in [6.45, 7) is 9.90. The maximum atomic E-state index is 4.57. The van der Waals surface area contributed by atoms with E-state index in [4.69, 9.17) is 0 Å². The SMILES string of the molecule is CCCNC(CCC)Cc1ncnc2sc(C)c(C)c12. The van der Waals surface area contributed by atoms with E-state index in [0.29, 0.717) is 6.04 Å². The maximum absolute atomic E-state index is 4.57. The Morgan fingerprint density at radius 1 is 1.20 bits per heavy atom. The van der Waals surface area contributed by atoms with Crippen molar-refractivity contribution in [2.24, 2.45) is 0 Å². The van der Waals surface area contributed by atoms with Gasteiger partial charge >= 0.3 is 0 Å². The molecule has 1 unspecified atom stereocenters. The van der Waals surface area contributed by atoms with Crippen molar-refractivity contribution in [3.8, 4) is 0 Å². The van der Waals surface area contributed by atoms with Crippen molar-refractivity contribution in [2.75, 3.05) is 6.54 Å². The average molecular weight is 291 g/mol. The van der Waals surface area contributed by atoms with Crippen LogP contribution in [-0.4, -0.2) is 22.6 Å². The lowest BCUT2D eigenvalue weighted by Crippen LogP contribution is -2.32. The maximum Gasteiger partial charge on any atom is 0.127 e. The molecule has 0 bridgehead atoms. The van der Waals surface area contributed by atoms with Crippen LogP contribution in [0.1, 0.15) is 49.2 Å². The zero-order valence-corrected chi connectivity index (χ0v) is 13.8. The van der Waals surface area contributed by atoms with Gasteiger partial charge in [0.2, 0.25) is 0 Å². The van der Waals surface area contributed by atoms with Gasteiger partial charge in [-0.05, 0) is 38.8 Å². The van der Waals surface area contributed by atoms with Gasteiger partial charge in [-0.1, -0.05) is 20.3 Å². The monoisotopic (exact) mass is 291 g/mol. The number of rotatable bonds is 7. The number of aromatic nitrogens is 2. The number of nitrogens with zero attached hydrogens (tertiary/aromatic N) is 2. The summed E-state index contributed by atoms with van der Waals surface area (Å²) in [6.07, 6.45) is 6.31. The molecular weight excluding hydrogens is 266 g/mol. The van der Waals surface area contributed by atoms with Crippen LogP contribution in [0.5, 0.6) is 0 Å². The summed E-state index contributed by atoms with van der Waals surface area (Å²) in [7, 11) is 0. The van der Waals surface area contributed by atoms with E-state index in [-0.39, 0.29) is 0 Å². The minimum atomic E-state index is 0.526. The van der Waals surface area contributed by atoms with Crippen LogP contribution in [0.4, 0.5) is 0 Å². The number of aryl methyl sites for hydroxylation is 2. The van der Waals surface area contributed by atoms with E-state index in [1.165, 1.54) is 40.8 Å². The Morgan fingerprint density at radius 3 is 2.70 bits per heavy atom. The van der Waals surface area contributed by atoms with Crippen molar-refractivity contribution < 1.29 is 0 Å². The van der Waals surface area contributed by atoms with E-state index < -0.39 is 0 Å². The number of hydrogen-bond donors (Lipinski definition) is 1. The van der Waals surface area contributed by atoms with Gasteiger partial charge in [0.15, 0.2) is 0 Å². The lowest BCUT2D eigenvalue weighted by atomic mass is 10.0. The second kappa shape index (κ2) is 7.14. The number of fused-ring (bicyclic) bond motifs is 1. The summed E-state index contributed by atoms with van der Waals surface area (Å²) < 4.78 is 0. The molecule has 2 rings (SSSR count). The van der Waals surface area contributed by atoms with Gasteiger partial charge in [-0.25, -0.2) is 9.97 Å². The van der Waals surface area contributed by atoms with E-state index in [0.717, 1.165) is 17.8 Å². The molecule has 0 fully saturated rings. The fourth-order valence-corrected chi connectivity index (χ4v) is 3.63. The molecule has 110 valence electrons. The number of hydrogen-bond acceptors (Lipinski definition) is 4. The van der Waals surface area contributed by atoms with Crippen molar-refractivity contribution in [2.45, 2.75) is 59.4 Å². The molecule has 0 aliphatic carbocycles. The van der Waals surface area contributed by atoms with Gasteiger partial charge in [-0.15, -0.1) is 11.3 Å². The van der Waals surface area contributed by atoms with E-state index in [1.54, 1.807) is 17.7 Å². The van der Waals surface area contributed by atoms with Crippen LogP contribution in [0.3, 0.4) is 0 Å². The standard InChI is InChI=1S/C16H25N3S/c1-5-7-13(17-8-6-2)9-14-15-11(3)12(4)20-16(15)19-10-18-14/h10,13,17H,5-9H2,1-4H3. The molecule has 3 nitrogen and oxygen atoms in total. The molecule has 1 atom stereocenters. The third-order valence-corrected chi connectivity index (χ3v) is 4.92. The predicted molar refractivity (Wildman–Crippen MR) is 87.6 cm³/mol. The Morgan fingerprint density at radius 2 is 2.00 bits per heavy atom. The first-order chi connectivity index (χ1) is 9.67. The minimum Gasteiger partial charge on any atom is -0.314 e. The molecule has 0 radical (unpaired) electrons. The second-order valence-corrected chi connectivity index (χ2v) is 6.63. The number of thiophene rings is 1. The van der Waals surface area contributed by atoms with E-state index in [9.17, 15) is 0 Å². The van der Waals surface area contributed by atoms with Crippen LogP contribution >= 0.6 is 11.3 Å². The molecule has 0 saturated carbocycles. The second-order valence-electron chi connectivity index (χ2n) is 5.43. The fourth-order valence-electron chi connectivity index (χ4n) is 2.62. The molecule has 0 amide bonds. The largest absolute Gasteiger partial charge is 0.314 e. The van der Waals surface area contributed by atoms with Crippen molar-refractivity contribution >= 4 is 21.6 Å². The van der Waals surface area contributed by atoms with E-state index >= 15 is 0 Å². The lowest BCUT2D eigenvalue weighted by Gasteiger charge is -2.17. The summed E-state index contributed by atoms with van der Waals surface area (Å²) in [5.41, 5.74) is 2.56. The highest BCUT2D eigenvalue weighted by Crippen LogP contribution is 2.30. The zero-order chi connectivity index (χ0) is 14.5. The van der Waals surface area contributed by atoms with Crippen molar-refractivity contribution in [3.63, 3.8) is 0 Å². The first-order valence-corrected chi connectivity index (χ1v) is 8.41. The Hall–Kier alpha value is -1.00. The fraction of sp³-hybridized carbons (Fsp3) is 0.625. The summed E-state index contributed by atoms with van der Waals surface area (Å²) in [6, 6.07) is 0.526. The van der Waals surface area contributed by atoms with Crippen LogP contribution in [0.25, 0.3) is 10.2 Å². The molecule has 4 heteroatoms. The smallest absolute Gasteiger partial charge is 0.127 e. The summed E-state index contributed by atoms with van der Waals surface area (Å²) in [4.78, 5) is 11.5. The van der Waals surface area contributed by atoms with Crippen LogP contribution in [0.15, 0.2) is 6.33 Å². The predicted octanol–water partition coefficient (Wildman–Crippen LogP) is 4.02. The van der Waals surface area contributed by atoms with Gasteiger partial charge in [0.05, 0.1) is 5.69 Å². The van der Waals surface area contributed by atoms with Crippen molar-refractivity contribution in [1.82, 2.24) is 15.3 Å². The van der Waals surface area contributed by atoms with Crippen LogP contribution in [-0.2, 0) is 6.42 Å². The molecule has 2 aromatic heterocycles. The lowest BCUT2D eigenvalue weighted by molar-refractivity contribution is 0.470. The molecule has 1 N–H and O–H groups in total. The molecule has 2 heterocycles. The van der Waals surface area contributed by atoms with Gasteiger partial charge in [-0.2, -0.15) is 0 Å². The Kier molecular flexibility index (Phi) is 5.49. The first-order valence-electron chi connectivity index (χ1n) is 7.60. The third kappa shape index (κ3) is 3.36. The Labute approximate surface area is 125 Å². The Bertz CT molecular complexity index is 562. The highest BCUT2D eigenvalue weighted by molar-refractivity contribution is 7.18. The zero-order valence-electron chi connectivity index (χ0n) is 13.0. The normalized spacial score (nSPS) is 13.0. The van der Waals surface area contributed by atoms with Gasteiger partial charge in [0.25, 0.3) is 0 Å². The molecule has 0 aliphatic heterocycles. The topological polar surface area (TPSA) is 37.8 Å². The molecule has 0 aliphatic rings. The summed E-state index contributed by atoms with van der Waals surface area (Å²) in [5, 5.41) is 4.94. The van der Waals surface area contributed by atoms with Crippen LogP contribution in [0.2, 0.25) is 0 Å². The highest BCUT2D eigenvalue weighted by atomic mass is 32.1. The van der Waals surface area contributed by atoms with Gasteiger partial charge in [-0.3, -0.25) is 0 Å². The summed E-state index contributed by atoms with van der Waals surface area (Å²) >= 11 is 1.78. The molecule has 0 saturated heterocycles. The molecular formula is C16H25N3S. The molecule has 2 aromatic rings. The van der Waals surface area contributed by atoms with Crippen LogP contribution < -0.4 is 5.32 Å². The van der Waals surface area contributed by atoms with Gasteiger partial charge in [0.1, 0.15) is 11.2 Å². The molecule has 20 heavy (non-hydrogen) atoms. The number of nitrogens with one attached hydrogen (secondary N) is 1. The van der Waals surface area contributed by atoms with Crippen LogP contribution in [0, 0.1) is 13.8 Å². The van der Waals surface area contributed by atoms with E-state index in [2.05, 4.69) is 43.0 Å². The minimum absolute atomic E-state index is 0.526. The van der Waals surface area contributed by atoms with Gasteiger partial charge < -0.3 is 5.32 Å². The highest BCUT2D eigenvalue weighted by Gasteiger charge is 2.15. The van der Waals surface area contributed by atoms with E-state index in [1.807, 2.05) is 0 Å². The van der Waals surface area contributed by atoms with Gasteiger partial charge in [0, 0.05) is 22.7 Å². The van der Waals surface area contributed by atoms with Crippen molar-refractivity contribution in [1.29, 1.82) is 0 Å². The quantitative estimate of drug-likeness (QED) is 0.837. The van der Waals surface area contributed by atoms with Crippen molar-refractivity contribution in [3.05, 3.63) is 22.5 Å².